The Morgan fingerprint density at radius 3 is 2.67 bits per heavy atom. The average Bonchev–Trinajstić information content (AvgIpc) is 2.40. The van der Waals surface area contributed by atoms with Crippen LogP contribution in [0, 0.1) is 0 Å². The number of rotatable bonds is 6. The van der Waals surface area contributed by atoms with Crippen molar-refractivity contribution in [2.75, 3.05) is 26.2 Å². The van der Waals surface area contributed by atoms with Gasteiger partial charge in [-0.2, -0.15) is 0 Å². The first-order valence-corrected chi connectivity index (χ1v) is 7.06. The van der Waals surface area contributed by atoms with Gasteiger partial charge in [-0.05, 0) is 20.3 Å². The van der Waals surface area contributed by atoms with Crippen LogP contribution in [0.3, 0.4) is 0 Å². The summed E-state index contributed by atoms with van der Waals surface area (Å²) in [7, 11) is 0. The fourth-order valence-electron chi connectivity index (χ4n) is 2.29. The van der Waals surface area contributed by atoms with Crippen LogP contribution in [-0.4, -0.2) is 76.2 Å². The molecule has 0 saturated carbocycles. The van der Waals surface area contributed by atoms with Crippen LogP contribution < -0.4 is 5.32 Å². The topological polar surface area (TPSA) is 110 Å². The number of hydrogen-bond acceptors (Lipinski definition) is 4. The van der Waals surface area contributed by atoms with Crippen molar-refractivity contribution in [3.8, 4) is 0 Å². The maximum Gasteiger partial charge on any atom is 0.320 e. The SMILES string of the molecule is CC(C)N(CCCO)C(=O)N1CCNC(=O)C1CC(=O)O. The molecule has 0 aliphatic carbocycles. The molecule has 3 amide bonds. The number of carboxylic acid groups (broad SMARTS) is 1. The summed E-state index contributed by atoms with van der Waals surface area (Å²) in [5, 5.41) is 20.4. The molecule has 0 radical (unpaired) electrons. The smallest absolute Gasteiger partial charge is 0.320 e. The lowest BCUT2D eigenvalue weighted by Crippen LogP contribution is -2.61. The lowest BCUT2D eigenvalue weighted by Gasteiger charge is -2.39. The van der Waals surface area contributed by atoms with E-state index in [0.717, 1.165) is 0 Å². The van der Waals surface area contributed by atoms with Crippen molar-refractivity contribution in [1.82, 2.24) is 15.1 Å². The van der Waals surface area contributed by atoms with Crippen LogP contribution in [-0.2, 0) is 9.59 Å². The summed E-state index contributed by atoms with van der Waals surface area (Å²) in [6.45, 7) is 4.61. The van der Waals surface area contributed by atoms with Gasteiger partial charge in [0, 0.05) is 32.3 Å². The first-order valence-electron chi connectivity index (χ1n) is 7.06. The van der Waals surface area contributed by atoms with Crippen molar-refractivity contribution in [3.05, 3.63) is 0 Å². The van der Waals surface area contributed by atoms with Crippen LogP contribution in [0.5, 0.6) is 0 Å². The molecule has 0 aromatic rings. The molecule has 3 N–H and O–H groups in total. The Hall–Kier alpha value is -1.83. The van der Waals surface area contributed by atoms with E-state index in [2.05, 4.69) is 5.32 Å². The second kappa shape index (κ2) is 7.82. The van der Waals surface area contributed by atoms with Gasteiger partial charge >= 0.3 is 12.0 Å². The third-order valence-corrected chi connectivity index (χ3v) is 3.37. The minimum absolute atomic E-state index is 0.0322. The van der Waals surface area contributed by atoms with Crippen molar-refractivity contribution in [3.63, 3.8) is 0 Å². The van der Waals surface area contributed by atoms with E-state index in [-0.39, 0.29) is 25.2 Å². The molecule has 1 aliphatic rings. The van der Waals surface area contributed by atoms with Crippen LogP contribution in [0.4, 0.5) is 4.79 Å². The Labute approximate surface area is 123 Å². The minimum Gasteiger partial charge on any atom is -0.481 e. The number of carbonyl (C=O) groups is 3. The van der Waals surface area contributed by atoms with E-state index in [4.69, 9.17) is 10.2 Å². The van der Waals surface area contributed by atoms with Crippen molar-refractivity contribution in [1.29, 1.82) is 0 Å². The maximum atomic E-state index is 12.6. The van der Waals surface area contributed by atoms with Gasteiger partial charge in [0.05, 0.1) is 6.42 Å². The highest BCUT2D eigenvalue weighted by atomic mass is 16.4. The third kappa shape index (κ3) is 4.59. The molecule has 1 atom stereocenters. The lowest BCUT2D eigenvalue weighted by atomic mass is 10.1. The van der Waals surface area contributed by atoms with Crippen LogP contribution >= 0.6 is 0 Å². The molecule has 0 aromatic heterocycles. The molecule has 21 heavy (non-hydrogen) atoms. The van der Waals surface area contributed by atoms with Crippen molar-refractivity contribution < 1.29 is 24.6 Å². The number of nitrogens with one attached hydrogen (secondary N) is 1. The zero-order valence-electron chi connectivity index (χ0n) is 12.4. The van der Waals surface area contributed by atoms with E-state index >= 15 is 0 Å². The highest BCUT2D eigenvalue weighted by Crippen LogP contribution is 2.14. The van der Waals surface area contributed by atoms with Gasteiger partial charge in [-0.25, -0.2) is 4.79 Å². The molecule has 0 aromatic carbocycles. The molecule has 120 valence electrons. The standard InChI is InChI=1S/C13H23N3O5/c1-9(2)15(5-3-7-17)13(21)16-6-4-14-12(20)10(16)8-11(18)19/h9-10,17H,3-8H2,1-2H3,(H,14,20)(H,18,19). The molecule has 8 heteroatoms. The fraction of sp³-hybridized carbons (Fsp3) is 0.769. The molecule has 1 heterocycles. The quantitative estimate of drug-likeness (QED) is 0.611. The van der Waals surface area contributed by atoms with Gasteiger partial charge in [-0.3, -0.25) is 9.59 Å². The van der Waals surface area contributed by atoms with Crippen LogP contribution in [0.15, 0.2) is 0 Å². The lowest BCUT2D eigenvalue weighted by molar-refractivity contribution is -0.142. The van der Waals surface area contributed by atoms with Gasteiger partial charge in [-0.15, -0.1) is 0 Å². The number of aliphatic hydroxyl groups is 1. The van der Waals surface area contributed by atoms with Gasteiger partial charge in [0.2, 0.25) is 5.91 Å². The van der Waals surface area contributed by atoms with Gasteiger partial charge in [0.25, 0.3) is 0 Å². The Bertz CT molecular complexity index is 399. The number of urea groups is 1. The predicted molar refractivity (Wildman–Crippen MR) is 74.7 cm³/mol. The number of amides is 3. The van der Waals surface area contributed by atoms with E-state index in [9.17, 15) is 14.4 Å². The van der Waals surface area contributed by atoms with Crippen molar-refractivity contribution in [2.45, 2.75) is 38.8 Å². The normalized spacial score (nSPS) is 18.6. The van der Waals surface area contributed by atoms with Crippen molar-refractivity contribution >= 4 is 17.9 Å². The maximum absolute atomic E-state index is 12.6. The third-order valence-electron chi connectivity index (χ3n) is 3.37. The zero-order chi connectivity index (χ0) is 16.0. The molecule has 8 nitrogen and oxygen atoms in total. The first-order chi connectivity index (χ1) is 9.88. The van der Waals surface area contributed by atoms with E-state index in [1.54, 1.807) is 4.90 Å². The molecule has 1 unspecified atom stereocenters. The Balaban J connectivity index is 2.88. The summed E-state index contributed by atoms with van der Waals surface area (Å²) in [5.74, 6) is -1.57. The van der Waals surface area contributed by atoms with E-state index in [0.29, 0.717) is 19.5 Å². The monoisotopic (exact) mass is 301 g/mol. The zero-order valence-corrected chi connectivity index (χ0v) is 12.4. The van der Waals surface area contributed by atoms with Gasteiger partial charge in [0.1, 0.15) is 6.04 Å². The van der Waals surface area contributed by atoms with E-state index < -0.39 is 24.3 Å². The molecular weight excluding hydrogens is 278 g/mol. The molecule has 1 rings (SSSR count). The largest absolute Gasteiger partial charge is 0.481 e. The predicted octanol–water partition coefficient (Wildman–Crippen LogP) is -0.526. The second-order valence-corrected chi connectivity index (χ2v) is 5.24. The summed E-state index contributed by atoms with van der Waals surface area (Å²) in [6, 6.07) is -1.45. The number of carbonyl (C=O) groups excluding carboxylic acids is 2. The molecule has 0 spiro atoms. The number of nitrogens with zero attached hydrogens (tertiary/aromatic N) is 2. The number of aliphatic carboxylic acids is 1. The number of aliphatic hydroxyl groups excluding tert-OH is 1. The van der Waals surface area contributed by atoms with Crippen LogP contribution in [0.25, 0.3) is 0 Å². The second-order valence-electron chi connectivity index (χ2n) is 5.24. The summed E-state index contributed by atoms with van der Waals surface area (Å²) in [6.07, 6.45) is 0.0249. The van der Waals surface area contributed by atoms with E-state index in [1.807, 2.05) is 13.8 Å². The van der Waals surface area contributed by atoms with E-state index in [1.165, 1.54) is 4.90 Å². The van der Waals surface area contributed by atoms with Crippen molar-refractivity contribution in [2.24, 2.45) is 0 Å². The molecule has 0 bridgehead atoms. The Morgan fingerprint density at radius 2 is 2.14 bits per heavy atom. The average molecular weight is 301 g/mol. The number of piperazine rings is 1. The van der Waals surface area contributed by atoms with Gasteiger partial charge in [0.15, 0.2) is 0 Å². The number of hydrogen-bond donors (Lipinski definition) is 3. The number of carboxylic acids is 1. The summed E-state index contributed by atoms with van der Waals surface area (Å²) >= 11 is 0. The molecule has 1 saturated heterocycles. The van der Waals surface area contributed by atoms with Gasteiger partial charge < -0.3 is 25.3 Å². The molecule has 1 fully saturated rings. The van der Waals surface area contributed by atoms with Crippen LogP contribution in [0.1, 0.15) is 26.7 Å². The summed E-state index contributed by atoms with van der Waals surface area (Å²) in [4.78, 5) is 38.2. The van der Waals surface area contributed by atoms with Crippen LogP contribution in [0.2, 0.25) is 0 Å². The Kier molecular flexibility index (Phi) is 6.41. The molecular formula is C13H23N3O5. The minimum atomic E-state index is -1.12. The van der Waals surface area contributed by atoms with Gasteiger partial charge in [-0.1, -0.05) is 0 Å². The summed E-state index contributed by atoms with van der Waals surface area (Å²) < 4.78 is 0. The molecule has 1 aliphatic heterocycles. The fourth-order valence-corrected chi connectivity index (χ4v) is 2.29. The first kappa shape index (κ1) is 17.2. The Morgan fingerprint density at radius 1 is 1.48 bits per heavy atom. The highest BCUT2D eigenvalue weighted by molar-refractivity contribution is 5.91. The highest BCUT2D eigenvalue weighted by Gasteiger charge is 2.37. The summed E-state index contributed by atoms with van der Waals surface area (Å²) in [5.41, 5.74) is 0.